The molecule has 1 saturated carbocycles. The van der Waals surface area contributed by atoms with E-state index in [1.165, 1.54) is 0 Å². The van der Waals surface area contributed by atoms with Crippen molar-refractivity contribution in [3.63, 3.8) is 0 Å². The number of alkyl halides is 3. The Morgan fingerprint density at radius 3 is 2.42 bits per heavy atom. The molecule has 0 aliphatic heterocycles. The van der Waals surface area contributed by atoms with Crippen LogP contribution in [0, 0.1) is 0 Å². The second-order valence-corrected chi connectivity index (χ2v) is 5.85. The Kier molecular flexibility index (Phi) is 5.48. The summed E-state index contributed by atoms with van der Waals surface area (Å²) in [5, 5.41) is 21.3. The Hall–Kier alpha value is -2.09. The number of amides is 1. The van der Waals surface area contributed by atoms with Crippen LogP contribution in [-0.4, -0.2) is 34.2 Å². The third-order valence-electron chi connectivity index (χ3n) is 4.11. The third kappa shape index (κ3) is 4.25. The highest BCUT2D eigenvalue weighted by Crippen LogP contribution is 2.33. The van der Waals surface area contributed by atoms with Gasteiger partial charge in [0.25, 0.3) is 5.91 Å². The number of halogens is 3. The zero-order valence-electron chi connectivity index (χ0n) is 12.8. The van der Waals surface area contributed by atoms with Crippen LogP contribution < -0.4 is 5.32 Å². The Bertz CT molecular complexity index is 630. The van der Waals surface area contributed by atoms with E-state index in [0.717, 1.165) is 31.4 Å². The van der Waals surface area contributed by atoms with Crippen molar-refractivity contribution in [3.05, 3.63) is 34.9 Å². The minimum Gasteiger partial charge on any atom is -0.478 e. The molecule has 0 aromatic heterocycles. The second-order valence-electron chi connectivity index (χ2n) is 5.85. The molecule has 132 valence electrons. The summed E-state index contributed by atoms with van der Waals surface area (Å²) in [6, 6.07) is 1.64. The van der Waals surface area contributed by atoms with Crippen molar-refractivity contribution in [1.82, 2.24) is 5.32 Å². The molecule has 1 aliphatic carbocycles. The molecule has 24 heavy (non-hydrogen) atoms. The van der Waals surface area contributed by atoms with E-state index in [0.29, 0.717) is 18.9 Å². The number of carbonyl (C=O) groups excluding carboxylic acids is 1. The number of hydrogen-bond donors (Lipinski definition) is 3. The lowest BCUT2D eigenvalue weighted by molar-refractivity contribution is -0.138. The van der Waals surface area contributed by atoms with Gasteiger partial charge in [0.2, 0.25) is 0 Å². The smallest absolute Gasteiger partial charge is 0.417 e. The van der Waals surface area contributed by atoms with Gasteiger partial charge in [0.15, 0.2) is 0 Å². The van der Waals surface area contributed by atoms with Crippen molar-refractivity contribution in [2.75, 3.05) is 0 Å². The van der Waals surface area contributed by atoms with Gasteiger partial charge in [-0.3, -0.25) is 4.79 Å². The van der Waals surface area contributed by atoms with Crippen molar-refractivity contribution in [2.45, 2.75) is 50.4 Å². The first-order valence-electron chi connectivity index (χ1n) is 7.63. The third-order valence-corrected chi connectivity index (χ3v) is 4.11. The zero-order chi connectivity index (χ0) is 17.9. The van der Waals surface area contributed by atoms with Gasteiger partial charge in [-0.2, -0.15) is 13.2 Å². The van der Waals surface area contributed by atoms with Gasteiger partial charge in [0.05, 0.1) is 28.8 Å². The summed E-state index contributed by atoms with van der Waals surface area (Å²) in [4.78, 5) is 23.1. The predicted octanol–water partition coefficient (Wildman–Crippen LogP) is 2.83. The monoisotopic (exact) mass is 345 g/mol. The van der Waals surface area contributed by atoms with Crippen molar-refractivity contribution in [3.8, 4) is 0 Å². The van der Waals surface area contributed by atoms with Gasteiger partial charge in [0.1, 0.15) is 0 Å². The highest BCUT2D eigenvalue weighted by atomic mass is 19.4. The normalized spacial score (nSPS) is 21.8. The molecule has 2 rings (SSSR count). The number of hydrogen-bond acceptors (Lipinski definition) is 3. The summed E-state index contributed by atoms with van der Waals surface area (Å²) < 4.78 is 39.5. The van der Waals surface area contributed by atoms with Gasteiger partial charge >= 0.3 is 12.1 Å². The number of carboxylic acid groups (broad SMARTS) is 1. The van der Waals surface area contributed by atoms with Gasteiger partial charge in [-0.25, -0.2) is 4.79 Å². The number of aliphatic hydroxyl groups is 1. The van der Waals surface area contributed by atoms with Crippen LogP contribution in [0.2, 0.25) is 0 Å². The van der Waals surface area contributed by atoms with Crippen LogP contribution in [0.15, 0.2) is 18.2 Å². The van der Waals surface area contributed by atoms with Crippen LogP contribution in [0.4, 0.5) is 13.2 Å². The van der Waals surface area contributed by atoms with E-state index in [4.69, 9.17) is 5.11 Å². The number of aliphatic hydroxyl groups excluding tert-OH is 1. The van der Waals surface area contributed by atoms with Gasteiger partial charge in [-0.1, -0.05) is 19.3 Å². The summed E-state index contributed by atoms with van der Waals surface area (Å²) >= 11 is 0. The molecule has 0 radical (unpaired) electrons. The highest BCUT2D eigenvalue weighted by molar-refractivity contribution is 5.97. The van der Waals surface area contributed by atoms with Crippen LogP contribution in [0.5, 0.6) is 0 Å². The van der Waals surface area contributed by atoms with Gasteiger partial charge in [-0.05, 0) is 31.0 Å². The Morgan fingerprint density at radius 2 is 1.79 bits per heavy atom. The molecule has 5 nitrogen and oxygen atoms in total. The lowest BCUT2D eigenvalue weighted by Crippen LogP contribution is -2.43. The van der Waals surface area contributed by atoms with E-state index in [2.05, 4.69) is 5.32 Å². The predicted molar refractivity (Wildman–Crippen MR) is 78.7 cm³/mol. The fraction of sp³-hybridized carbons (Fsp3) is 0.500. The minimum atomic E-state index is -4.86. The van der Waals surface area contributed by atoms with Crippen molar-refractivity contribution >= 4 is 11.9 Å². The molecular formula is C16H18F3NO4. The number of carbonyl (C=O) groups is 2. The van der Waals surface area contributed by atoms with Gasteiger partial charge in [-0.15, -0.1) is 0 Å². The quantitative estimate of drug-likeness (QED) is 0.735. The molecule has 0 heterocycles. The van der Waals surface area contributed by atoms with Crippen molar-refractivity contribution < 1.29 is 33.0 Å². The maximum atomic E-state index is 13.2. The molecule has 1 fully saturated rings. The summed E-state index contributed by atoms with van der Waals surface area (Å²) in [6.07, 6.45) is -2.23. The van der Waals surface area contributed by atoms with E-state index in [9.17, 15) is 27.9 Å². The van der Waals surface area contributed by atoms with Crippen molar-refractivity contribution in [2.24, 2.45) is 0 Å². The summed E-state index contributed by atoms with van der Waals surface area (Å²) in [7, 11) is 0. The SMILES string of the molecule is O=C(O)c1ccc(C(=O)N[C@@H]2CCCCC[C@H]2O)c(C(F)(F)F)c1. The second kappa shape index (κ2) is 7.21. The first-order chi connectivity index (χ1) is 11.2. The van der Waals surface area contributed by atoms with E-state index >= 15 is 0 Å². The zero-order valence-corrected chi connectivity index (χ0v) is 12.8. The van der Waals surface area contributed by atoms with Gasteiger partial charge < -0.3 is 15.5 Å². The lowest BCUT2D eigenvalue weighted by atomic mass is 10.0. The highest BCUT2D eigenvalue weighted by Gasteiger charge is 2.36. The molecule has 2 atom stereocenters. The molecule has 1 aromatic carbocycles. The molecule has 1 aromatic rings. The Balaban J connectivity index is 2.29. The van der Waals surface area contributed by atoms with Crippen LogP contribution in [-0.2, 0) is 6.18 Å². The summed E-state index contributed by atoms with van der Waals surface area (Å²) in [6.45, 7) is 0. The standard InChI is InChI=1S/C16H18F3NO4/c17-16(18,19)11-8-9(15(23)24)6-7-10(11)14(22)20-12-4-2-1-3-5-13(12)21/h6-8,12-13,21H,1-5H2,(H,20,22)(H,23,24)/t12-,13-/m1/s1. The van der Waals surface area contributed by atoms with E-state index < -0.39 is 46.9 Å². The molecule has 1 aliphatic rings. The molecule has 0 saturated heterocycles. The topological polar surface area (TPSA) is 86.6 Å². The first kappa shape index (κ1) is 18.3. The summed E-state index contributed by atoms with van der Waals surface area (Å²) in [5.41, 5.74) is -2.50. The maximum Gasteiger partial charge on any atom is 0.417 e. The minimum absolute atomic E-state index is 0.445. The average Bonchev–Trinajstić information content (AvgIpc) is 2.70. The van der Waals surface area contributed by atoms with Crippen LogP contribution in [0.25, 0.3) is 0 Å². The molecule has 0 unspecified atom stereocenters. The van der Waals surface area contributed by atoms with E-state index in [1.807, 2.05) is 0 Å². The van der Waals surface area contributed by atoms with Crippen molar-refractivity contribution in [1.29, 1.82) is 0 Å². The largest absolute Gasteiger partial charge is 0.478 e. The molecule has 0 bridgehead atoms. The fourth-order valence-corrected chi connectivity index (χ4v) is 2.81. The number of aromatic carboxylic acids is 1. The van der Waals surface area contributed by atoms with Gasteiger partial charge in [0, 0.05) is 0 Å². The number of rotatable bonds is 3. The molecule has 0 spiro atoms. The average molecular weight is 345 g/mol. The van der Waals surface area contributed by atoms with E-state index in [-0.39, 0.29) is 0 Å². The first-order valence-corrected chi connectivity index (χ1v) is 7.63. The molecule has 1 amide bonds. The fourth-order valence-electron chi connectivity index (χ4n) is 2.81. The number of nitrogens with one attached hydrogen (secondary N) is 1. The summed E-state index contributed by atoms with van der Waals surface area (Å²) in [5.74, 6) is -2.48. The van der Waals surface area contributed by atoms with Crippen LogP contribution >= 0.6 is 0 Å². The number of carboxylic acids is 1. The Labute approximate surface area is 136 Å². The van der Waals surface area contributed by atoms with Crippen LogP contribution in [0.1, 0.15) is 58.4 Å². The number of benzene rings is 1. The lowest BCUT2D eigenvalue weighted by Gasteiger charge is -2.23. The molecular weight excluding hydrogens is 327 g/mol. The molecule has 3 N–H and O–H groups in total. The maximum absolute atomic E-state index is 13.2. The van der Waals surface area contributed by atoms with Crippen LogP contribution in [0.3, 0.4) is 0 Å². The Morgan fingerprint density at radius 1 is 1.12 bits per heavy atom. The van der Waals surface area contributed by atoms with E-state index in [1.54, 1.807) is 0 Å². The molecule has 8 heteroatoms.